The van der Waals surface area contributed by atoms with Gasteiger partial charge in [-0.05, 0) is 12.1 Å². The Hall–Kier alpha value is -1.71. The summed E-state index contributed by atoms with van der Waals surface area (Å²) in [6, 6.07) is 15.7. The highest BCUT2D eigenvalue weighted by Gasteiger charge is 2.11. The van der Waals surface area contributed by atoms with Crippen LogP contribution in [0.25, 0.3) is 0 Å². The molecule has 0 saturated carbocycles. The van der Waals surface area contributed by atoms with E-state index >= 15 is 0 Å². The van der Waals surface area contributed by atoms with Crippen LogP contribution >= 0.6 is 0 Å². The minimum Gasteiger partial charge on any atom is -0.326 e. The van der Waals surface area contributed by atoms with E-state index in [4.69, 9.17) is 5.73 Å². The molecule has 0 heterocycles. The molecule has 0 fully saturated rings. The Morgan fingerprint density at radius 1 is 0.950 bits per heavy atom. The van der Waals surface area contributed by atoms with Crippen molar-refractivity contribution in [3.8, 4) is 0 Å². The van der Waals surface area contributed by atoms with Crippen molar-refractivity contribution < 1.29 is 4.39 Å². The van der Waals surface area contributed by atoms with E-state index in [1.807, 2.05) is 30.3 Å². The Morgan fingerprint density at radius 3 is 2.30 bits per heavy atom. The van der Waals surface area contributed by atoms with Gasteiger partial charge in [0.25, 0.3) is 0 Å². The first-order chi connectivity index (χ1) is 9.74. The van der Waals surface area contributed by atoms with E-state index in [-0.39, 0.29) is 12.4 Å². The van der Waals surface area contributed by atoms with Gasteiger partial charge < -0.3 is 5.73 Å². The van der Waals surface area contributed by atoms with Gasteiger partial charge in [0.2, 0.25) is 0 Å². The van der Waals surface area contributed by atoms with Gasteiger partial charge in [0.05, 0.1) is 0 Å². The van der Waals surface area contributed by atoms with E-state index in [9.17, 15) is 4.39 Å². The van der Waals surface area contributed by atoms with Crippen LogP contribution in [0.5, 0.6) is 0 Å². The molecular formula is C17H21FN2. The molecule has 2 aromatic carbocycles. The zero-order valence-electron chi connectivity index (χ0n) is 11.8. The number of hydrogen-bond acceptors (Lipinski definition) is 2. The average molecular weight is 272 g/mol. The summed E-state index contributed by atoms with van der Waals surface area (Å²) < 4.78 is 14.2. The first-order valence-electron chi connectivity index (χ1n) is 6.97. The Balaban J connectivity index is 2.10. The molecule has 0 aliphatic rings. The fraction of sp³-hybridized carbons (Fsp3) is 0.294. The highest BCUT2D eigenvalue weighted by Crippen LogP contribution is 2.16. The Morgan fingerprint density at radius 2 is 1.65 bits per heavy atom. The summed E-state index contributed by atoms with van der Waals surface area (Å²) in [7, 11) is 0. The van der Waals surface area contributed by atoms with E-state index in [1.165, 1.54) is 5.56 Å². The van der Waals surface area contributed by atoms with Crippen LogP contribution in [0.4, 0.5) is 4.39 Å². The smallest absolute Gasteiger partial charge is 0.132 e. The van der Waals surface area contributed by atoms with Crippen molar-refractivity contribution in [1.29, 1.82) is 0 Å². The van der Waals surface area contributed by atoms with Crippen LogP contribution in [0, 0.1) is 5.82 Å². The molecule has 2 aromatic rings. The third-order valence-corrected chi connectivity index (χ3v) is 3.47. The predicted octanol–water partition coefficient (Wildman–Crippen LogP) is 3.31. The Kier molecular flexibility index (Phi) is 5.27. The molecule has 0 amide bonds. The summed E-state index contributed by atoms with van der Waals surface area (Å²) in [6.45, 7) is 4.63. The van der Waals surface area contributed by atoms with E-state index in [0.717, 1.165) is 13.1 Å². The Labute approximate surface area is 120 Å². The molecule has 20 heavy (non-hydrogen) atoms. The van der Waals surface area contributed by atoms with Gasteiger partial charge in [-0.1, -0.05) is 55.5 Å². The highest BCUT2D eigenvalue weighted by atomic mass is 19.1. The number of benzene rings is 2. The van der Waals surface area contributed by atoms with E-state index in [0.29, 0.717) is 17.7 Å². The zero-order valence-corrected chi connectivity index (χ0v) is 11.8. The SMILES string of the molecule is CCN(Cc1ccccc1)Cc1cccc(CN)c1F. The summed E-state index contributed by atoms with van der Waals surface area (Å²) in [5.41, 5.74) is 8.09. The summed E-state index contributed by atoms with van der Waals surface area (Å²) in [4.78, 5) is 2.22. The molecule has 3 heteroatoms. The fourth-order valence-corrected chi connectivity index (χ4v) is 2.27. The normalized spacial score (nSPS) is 11.0. The minimum absolute atomic E-state index is 0.165. The van der Waals surface area contributed by atoms with Crippen LogP contribution in [0.15, 0.2) is 48.5 Å². The second-order valence-corrected chi connectivity index (χ2v) is 4.88. The van der Waals surface area contributed by atoms with Gasteiger partial charge in [-0.25, -0.2) is 4.39 Å². The maximum atomic E-state index is 14.2. The molecule has 0 unspecified atom stereocenters. The summed E-state index contributed by atoms with van der Waals surface area (Å²) in [5.74, 6) is -0.165. The van der Waals surface area contributed by atoms with E-state index in [1.54, 1.807) is 6.07 Å². The van der Waals surface area contributed by atoms with Gasteiger partial charge in [-0.15, -0.1) is 0 Å². The molecule has 0 spiro atoms. The molecule has 0 aromatic heterocycles. The first kappa shape index (κ1) is 14.7. The Bertz CT molecular complexity index is 540. The molecule has 0 bridgehead atoms. The molecule has 0 radical (unpaired) electrons. The molecule has 0 saturated heterocycles. The molecule has 2 nitrogen and oxygen atoms in total. The third kappa shape index (κ3) is 3.65. The van der Waals surface area contributed by atoms with Crippen LogP contribution in [-0.4, -0.2) is 11.4 Å². The van der Waals surface area contributed by atoms with Crippen molar-refractivity contribution in [2.75, 3.05) is 6.54 Å². The second-order valence-electron chi connectivity index (χ2n) is 4.88. The van der Waals surface area contributed by atoms with Crippen molar-refractivity contribution >= 4 is 0 Å². The van der Waals surface area contributed by atoms with Crippen molar-refractivity contribution in [2.45, 2.75) is 26.6 Å². The second kappa shape index (κ2) is 7.17. The van der Waals surface area contributed by atoms with Gasteiger partial charge in [0.15, 0.2) is 0 Å². The van der Waals surface area contributed by atoms with Gasteiger partial charge in [0, 0.05) is 30.8 Å². The van der Waals surface area contributed by atoms with Gasteiger partial charge in [-0.2, -0.15) is 0 Å². The largest absolute Gasteiger partial charge is 0.326 e. The lowest BCUT2D eigenvalue weighted by atomic mass is 10.1. The van der Waals surface area contributed by atoms with Crippen LogP contribution in [0.2, 0.25) is 0 Å². The van der Waals surface area contributed by atoms with Gasteiger partial charge >= 0.3 is 0 Å². The maximum Gasteiger partial charge on any atom is 0.132 e. The minimum atomic E-state index is -0.165. The molecule has 0 aliphatic carbocycles. The van der Waals surface area contributed by atoms with Gasteiger partial charge in [0.1, 0.15) is 5.82 Å². The number of nitrogens with zero attached hydrogens (tertiary/aromatic N) is 1. The third-order valence-electron chi connectivity index (χ3n) is 3.47. The van der Waals surface area contributed by atoms with Crippen LogP contribution in [0.3, 0.4) is 0 Å². The number of halogens is 1. The van der Waals surface area contributed by atoms with E-state index < -0.39 is 0 Å². The maximum absolute atomic E-state index is 14.2. The number of rotatable bonds is 6. The number of hydrogen-bond donors (Lipinski definition) is 1. The summed E-state index contributed by atoms with van der Waals surface area (Å²) in [5, 5.41) is 0. The van der Waals surface area contributed by atoms with Crippen LogP contribution in [-0.2, 0) is 19.6 Å². The van der Waals surface area contributed by atoms with Crippen molar-refractivity contribution in [2.24, 2.45) is 5.73 Å². The lowest BCUT2D eigenvalue weighted by Crippen LogP contribution is -2.23. The van der Waals surface area contributed by atoms with Crippen LogP contribution < -0.4 is 5.73 Å². The standard InChI is InChI=1S/C17H21FN2/c1-2-20(12-14-7-4-3-5-8-14)13-16-10-6-9-15(11-19)17(16)18/h3-10H,2,11-13,19H2,1H3. The van der Waals surface area contributed by atoms with Crippen molar-refractivity contribution in [1.82, 2.24) is 4.90 Å². The molecular weight excluding hydrogens is 251 g/mol. The quantitative estimate of drug-likeness (QED) is 0.874. The lowest BCUT2D eigenvalue weighted by Gasteiger charge is -2.21. The first-order valence-corrected chi connectivity index (χ1v) is 6.97. The van der Waals surface area contributed by atoms with Crippen molar-refractivity contribution in [3.05, 3.63) is 71.0 Å². The molecule has 2 rings (SSSR count). The van der Waals surface area contributed by atoms with E-state index in [2.05, 4.69) is 24.0 Å². The molecule has 106 valence electrons. The predicted molar refractivity (Wildman–Crippen MR) is 80.5 cm³/mol. The molecule has 2 N–H and O–H groups in total. The van der Waals surface area contributed by atoms with Gasteiger partial charge in [-0.3, -0.25) is 4.90 Å². The average Bonchev–Trinajstić information content (AvgIpc) is 2.49. The zero-order chi connectivity index (χ0) is 14.4. The fourth-order valence-electron chi connectivity index (χ4n) is 2.27. The summed E-state index contributed by atoms with van der Waals surface area (Å²) in [6.07, 6.45) is 0. The molecule has 0 atom stereocenters. The summed E-state index contributed by atoms with van der Waals surface area (Å²) >= 11 is 0. The van der Waals surface area contributed by atoms with Crippen LogP contribution in [0.1, 0.15) is 23.6 Å². The topological polar surface area (TPSA) is 29.3 Å². The van der Waals surface area contributed by atoms with Crippen molar-refractivity contribution in [3.63, 3.8) is 0 Å². The lowest BCUT2D eigenvalue weighted by molar-refractivity contribution is 0.267. The number of nitrogens with two attached hydrogens (primary N) is 1. The molecule has 0 aliphatic heterocycles. The monoisotopic (exact) mass is 272 g/mol. The highest BCUT2D eigenvalue weighted by molar-refractivity contribution is 5.26.